The summed E-state index contributed by atoms with van der Waals surface area (Å²) in [4.78, 5) is 12.6. The van der Waals surface area contributed by atoms with Crippen molar-refractivity contribution in [1.29, 1.82) is 0 Å². The molecule has 0 saturated carbocycles. The van der Waals surface area contributed by atoms with E-state index in [1.807, 2.05) is 12.1 Å². The molecular weight excluding hydrogens is 188 g/mol. The quantitative estimate of drug-likeness (QED) is 0.766. The van der Waals surface area contributed by atoms with Crippen molar-refractivity contribution in [2.75, 3.05) is 23.3 Å². The van der Waals surface area contributed by atoms with Crippen molar-refractivity contribution in [2.24, 2.45) is 0 Å². The summed E-state index contributed by atoms with van der Waals surface area (Å²) in [6.45, 7) is 2.31. The Hall–Kier alpha value is -1.51. The third-order valence-corrected chi connectivity index (χ3v) is 2.81. The molecule has 1 aliphatic heterocycles. The average Bonchev–Trinajstić information content (AvgIpc) is 2.32. The molecule has 0 spiro atoms. The molecule has 15 heavy (non-hydrogen) atoms. The van der Waals surface area contributed by atoms with Gasteiger partial charge in [-0.2, -0.15) is 0 Å². The van der Waals surface area contributed by atoms with Crippen LogP contribution in [0.3, 0.4) is 0 Å². The lowest BCUT2D eigenvalue weighted by atomic mass is 10.1. The number of hydrogen-bond donors (Lipinski definition) is 1. The standard InChI is InChI=1S/C12H16N2O/c15-10-13-11-4-6-12(7-5-11)14-8-2-1-3-9-14/h4-7,10H,1-3,8-9H2,(H,13,15). The number of nitrogens with zero attached hydrogens (tertiary/aromatic N) is 1. The summed E-state index contributed by atoms with van der Waals surface area (Å²) in [5.74, 6) is 0. The smallest absolute Gasteiger partial charge is 0.211 e. The van der Waals surface area contributed by atoms with Gasteiger partial charge in [-0.1, -0.05) is 0 Å². The third kappa shape index (κ3) is 2.49. The number of piperidine rings is 1. The van der Waals surface area contributed by atoms with E-state index in [-0.39, 0.29) is 0 Å². The van der Waals surface area contributed by atoms with Gasteiger partial charge in [-0.25, -0.2) is 0 Å². The topological polar surface area (TPSA) is 32.3 Å². The molecule has 1 aromatic carbocycles. The SMILES string of the molecule is O=CNc1ccc(N2CCCCC2)cc1. The van der Waals surface area contributed by atoms with Crippen LogP contribution in [0.4, 0.5) is 11.4 Å². The van der Waals surface area contributed by atoms with E-state index in [9.17, 15) is 4.79 Å². The molecule has 1 saturated heterocycles. The van der Waals surface area contributed by atoms with Crippen LogP contribution < -0.4 is 10.2 Å². The minimum atomic E-state index is 0.704. The molecule has 2 rings (SSSR count). The molecule has 3 heteroatoms. The lowest BCUT2D eigenvalue weighted by Gasteiger charge is -2.28. The highest BCUT2D eigenvalue weighted by atomic mass is 16.1. The van der Waals surface area contributed by atoms with Crippen molar-refractivity contribution >= 4 is 17.8 Å². The normalized spacial score (nSPS) is 16.1. The molecule has 1 amide bonds. The molecule has 0 aliphatic carbocycles. The summed E-state index contributed by atoms with van der Waals surface area (Å²) in [6.07, 6.45) is 4.62. The Labute approximate surface area is 90.1 Å². The third-order valence-electron chi connectivity index (χ3n) is 2.81. The van der Waals surface area contributed by atoms with Crippen molar-refractivity contribution in [3.63, 3.8) is 0 Å². The van der Waals surface area contributed by atoms with Gasteiger partial charge in [-0.15, -0.1) is 0 Å². The van der Waals surface area contributed by atoms with Crippen LogP contribution in [0.1, 0.15) is 19.3 Å². The number of carbonyl (C=O) groups excluding carboxylic acids is 1. The molecule has 0 unspecified atom stereocenters. The molecule has 0 atom stereocenters. The second-order valence-corrected chi connectivity index (χ2v) is 3.86. The summed E-state index contributed by atoms with van der Waals surface area (Å²) in [5, 5.41) is 2.64. The van der Waals surface area contributed by atoms with Crippen molar-refractivity contribution < 1.29 is 4.79 Å². The van der Waals surface area contributed by atoms with Gasteiger partial charge in [0.15, 0.2) is 0 Å². The van der Waals surface area contributed by atoms with Crippen LogP contribution in [0.2, 0.25) is 0 Å². The first-order chi connectivity index (χ1) is 7.40. The van der Waals surface area contributed by atoms with E-state index in [4.69, 9.17) is 0 Å². The minimum absolute atomic E-state index is 0.704. The lowest BCUT2D eigenvalue weighted by Crippen LogP contribution is -2.29. The largest absolute Gasteiger partial charge is 0.372 e. The van der Waals surface area contributed by atoms with Crippen molar-refractivity contribution in [2.45, 2.75) is 19.3 Å². The lowest BCUT2D eigenvalue weighted by molar-refractivity contribution is -0.105. The average molecular weight is 204 g/mol. The van der Waals surface area contributed by atoms with Crippen LogP contribution >= 0.6 is 0 Å². The predicted molar refractivity (Wildman–Crippen MR) is 62.2 cm³/mol. The second-order valence-electron chi connectivity index (χ2n) is 3.86. The molecule has 0 radical (unpaired) electrons. The fourth-order valence-corrected chi connectivity index (χ4v) is 1.99. The van der Waals surface area contributed by atoms with Crippen molar-refractivity contribution in [1.82, 2.24) is 0 Å². The first-order valence-corrected chi connectivity index (χ1v) is 5.45. The number of hydrogen-bond acceptors (Lipinski definition) is 2. The van der Waals surface area contributed by atoms with Crippen LogP contribution in [0.15, 0.2) is 24.3 Å². The Balaban J connectivity index is 2.04. The molecule has 1 aromatic rings. The van der Waals surface area contributed by atoms with Gasteiger partial charge in [0.05, 0.1) is 0 Å². The zero-order chi connectivity index (χ0) is 10.5. The fraction of sp³-hybridized carbons (Fsp3) is 0.417. The maximum absolute atomic E-state index is 10.2. The number of benzene rings is 1. The Morgan fingerprint density at radius 1 is 1.07 bits per heavy atom. The highest BCUT2D eigenvalue weighted by Gasteiger charge is 2.10. The first-order valence-electron chi connectivity index (χ1n) is 5.45. The van der Waals surface area contributed by atoms with E-state index in [1.165, 1.54) is 24.9 Å². The van der Waals surface area contributed by atoms with Crippen LogP contribution in [-0.4, -0.2) is 19.5 Å². The summed E-state index contributed by atoms with van der Waals surface area (Å²) in [5.41, 5.74) is 2.11. The number of carbonyl (C=O) groups is 1. The van der Waals surface area contributed by atoms with Gasteiger partial charge in [0.1, 0.15) is 0 Å². The Bertz CT molecular complexity index is 315. The van der Waals surface area contributed by atoms with E-state index in [0.717, 1.165) is 18.8 Å². The van der Waals surface area contributed by atoms with Gasteiger partial charge in [0, 0.05) is 24.5 Å². The van der Waals surface area contributed by atoms with Crippen LogP contribution in [0, 0.1) is 0 Å². The van der Waals surface area contributed by atoms with Crippen LogP contribution in [0.25, 0.3) is 0 Å². The monoisotopic (exact) mass is 204 g/mol. The molecule has 1 N–H and O–H groups in total. The van der Waals surface area contributed by atoms with Crippen LogP contribution in [-0.2, 0) is 4.79 Å². The van der Waals surface area contributed by atoms with E-state index in [0.29, 0.717) is 6.41 Å². The number of nitrogens with one attached hydrogen (secondary N) is 1. The molecule has 80 valence electrons. The van der Waals surface area contributed by atoms with E-state index in [2.05, 4.69) is 22.3 Å². The van der Waals surface area contributed by atoms with E-state index < -0.39 is 0 Å². The predicted octanol–water partition coefficient (Wildman–Crippen LogP) is 2.25. The number of rotatable bonds is 3. The van der Waals surface area contributed by atoms with E-state index >= 15 is 0 Å². The molecule has 0 bridgehead atoms. The summed E-state index contributed by atoms with van der Waals surface area (Å²) >= 11 is 0. The van der Waals surface area contributed by atoms with Crippen LogP contribution in [0.5, 0.6) is 0 Å². The Morgan fingerprint density at radius 2 is 1.73 bits per heavy atom. The van der Waals surface area contributed by atoms with Gasteiger partial charge < -0.3 is 10.2 Å². The zero-order valence-corrected chi connectivity index (χ0v) is 8.78. The van der Waals surface area contributed by atoms with Crippen molar-refractivity contribution in [3.8, 4) is 0 Å². The van der Waals surface area contributed by atoms with Gasteiger partial charge >= 0.3 is 0 Å². The van der Waals surface area contributed by atoms with Gasteiger partial charge in [-0.3, -0.25) is 4.79 Å². The Morgan fingerprint density at radius 3 is 2.33 bits per heavy atom. The van der Waals surface area contributed by atoms with Gasteiger partial charge in [0.2, 0.25) is 6.41 Å². The number of anilines is 2. The zero-order valence-electron chi connectivity index (χ0n) is 8.78. The summed E-state index contributed by atoms with van der Waals surface area (Å²) in [6, 6.07) is 8.02. The fourth-order valence-electron chi connectivity index (χ4n) is 1.99. The summed E-state index contributed by atoms with van der Waals surface area (Å²) in [7, 11) is 0. The first kappa shape index (κ1) is 10.0. The molecule has 1 fully saturated rings. The maximum atomic E-state index is 10.2. The molecule has 1 heterocycles. The second kappa shape index (κ2) is 4.82. The molecule has 0 aromatic heterocycles. The van der Waals surface area contributed by atoms with E-state index in [1.54, 1.807) is 0 Å². The number of amides is 1. The molecule has 1 aliphatic rings. The van der Waals surface area contributed by atoms with Gasteiger partial charge in [0.25, 0.3) is 0 Å². The minimum Gasteiger partial charge on any atom is -0.372 e. The highest BCUT2D eigenvalue weighted by molar-refractivity contribution is 5.72. The molecule has 3 nitrogen and oxygen atoms in total. The molecular formula is C12H16N2O. The Kier molecular flexibility index (Phi) is 3.22. The summed E-state index contributed by atoms with van der Waals surface area (Å²) < 4.78 is 0. The van der Waals surface area contributed by atoms with Crippen molar-refractivity contribution in [3.05, 3.63) is 24.3 Å². The van der Waals surface area contributed by atoms with Gasteiger partial charge in [-0.05, 0) is 43.5 Å². The maximum Gasteiger partial charge on any atom is 0.211 e. The highest BCUT2D eigenvalue weighted by Crippen LogP contribution is 2.21.